The molecule has 10 heteroatoms. The number of ether oxygens (including phenoxy) is 1. The van der Waals surface area contributed by atoms with Gasteiger partial charge in [0.05, 0.1) is 6.04 Å². The average molecular weight is 281 g/mol. The van der Waals surface area contributed by atoms with Gasteiger partial charge in [-0.25, -0.2) is 0 Å². The molecule has 0 aliphatic rings. The zero-order valence-corrected chi connectivity index (χ0v) is 10.1. The van der Waals surface area contributed by atoms with E-state index < -0.39 is 18.0 Å². The molecule has 6 nitrogen and oxygen atoms in total. The van der Waals surface area contributed by atoms with Crippen LogP contribution in [0.15, 0.2) is 0 Å². The Morgan fingerprint density at radius 2 is 2.17 bits per heavy atom. The van der Waals surface area contributed by atoms with Crippen LogP contribution in [0.25, 0.3) is 4.96 Å². The minimum Gasteiger partial charge on any atom is -0.385 e. The van der Waals surface area contributed by atoms with Crippen LogP contribution >= 0.6 is 11.3 Å². The first-order chi connectivity index (χ1) is 8.43. The van der Waals surface area contributed by atoms with Crippen LogP contribution in [-0.4, -0.2) is 33.5 Å². The summed E-state index contributed by atoms with van der Waals surface area (Å²) in [6.07, 6.45) is -4.11. The monoisotopic (exact) mass is 281 g/mol. The summed E-state index contributed by atoms with van der Waals surface area (Å²) in [6, 6.07) is -0.474. The Bertz CT molecular complexity index is 536. The van der Waals surface area contributed by atoms with Crippen molar-refractivity contribution in [3.63, 3.8) is 0 Å². The molecule has 2 aromatic heterocycles. The Balaban J connectivity index is 2.31. The number of nitrogens with two attached hydrogens (primary N) is 1. The third kappa shape index (κ3) is 2.44. The summed E-state index contributed by atoms with van der Waals surface area (Å²) in [5.41, 5.74) is 5.79. The normalized spacial score (nSPS) is 14.3. The molecule has 0 saturated heterocycles. The molecule has 0 spiro atoms. The second-order valence-electron chi connectivity index (χ2n) is 3.54. The molecule has 0 bridgehead atoms. The van der Waals surface area contributed by atoms with Crippen molar-refractivity contribution in [2.45, 2.75) is 18.6 Å². The summed E-state index contributed by atoms with van der Waals surface area (Å²) in [6.45, 7) is 0.410. The molecule has 0 saturated carbocycles. The number of aromatic nitrogens is 4. The van der Waals surface area contributed by atoms with Crippen LogP contribution in [0.2, 0.25) is 0 Å². The number of halogens is 3. The molecule has 18 heavy (non-hydrogen) atoms. The fourth-order valence-electron chi connectivity index (χ4n) is 1.33. The molecule has 0 fully saturated rings. The number of rotatable bonds is 4. The van der Waals surface area contributed by atoms with Gasteiger partial charge in [0, 0.05) is 13.7 Å². The van der Waals surface area contributed by atoms with Crippen LogP contribution in [0, 0.1) is 0 Å². The van der Waals surface area contributed by atoms with E-state index in [-0.39, 0.29) is 4.96 Å². The van der Waals surface area contributed by atoms with Crippen molar-refractivity contribution in [2.24, 2.45) is 5.73 Å². The van der Waals surface area contributed by atoms with Crippen LogP contribution in [0.1, 0.15) is 23.3 Å². The van der Waals surface area contributed by atoms with Gasteiger partial charge in [0.25, 0.3) is 5.82 Å². The van der Waals surface area contributed by atoms with Crippen LogP contribution in [0.4, 0.5) is 13.2 Å². The first kappa shape index (κ1) is 13.2. The van der Waals surface area contributed by atoms with Gasteiger partial charge in [-0.2, -0.15) is 22.8 Å². The van der Waals surface area contributed by atoms with Gasteiger partial charge in [-0.1, -0.05) is 11.3 Å². The van der Waals surface area contributed by atoms with E-state index in [4.69, 9.17) is 10.5 Å². The van der Waals surface area contributed by atoms with Crippen LogP contribution in [0.3, 0.4) is 0 Å². The Labute approximate surface area is 104 Å². The number of nitrogens with zero attached hydrogens (tertiary/aromatic N) is 4. The van der Waals surface area contributed by atoms with Gasteiger partial charge in [0.2, 0.25) is 4.96 Å². The van der Waals surface area contributed by atoms with E-state index >= 15 is 0 Å². The average Bonchev–Trinajstić information content (AvgIpc) is 2.82. The van der Waals surface area contributed by atoms with Gasteiger partial charge in [-0.05, 0) is 6.42 Å². The fourth-order valence-corrected chi connectivity index (χ4v) is 2.20. The minimum absolute atomic E-state index is 0.0743. The van der Waals surface area contributed by atoms with E-state index in [1.54, 1.807) is 0 Å². The smallest absolute Gasteiger partial charge is 0.385 e. The standard InChI is InChI=1S/C8H10F3N5OS/c1-17-3-2-4(12)5-15-16-6(8(9,10)11)13-14-7(16)18-5/h4H,2-3,12H2,1H3. The highest BCUT2D eigenvalue weighted by Gasteiger charge is 2.38. The highest BCUT2D eigenvalue weighted by molar-refractivity contribution is 7.16. The lowest BCUT2D eigenvalue weighted by atomic mass is 10.2. The Hall–Kier alpha value is -1.26. The van der Waals surface area contributed by atoms with Crippen molar-refractivity contribution in [1.82, 2.24) is 19.8 Å². The molecule has 0 aliphatic carbocycles. The Morgan fingerprint density at radius 1 is 1.44 bits per heavy atom. The minimum atomic E-state index is -4.58. The maximum Gasteiger partial charge on any atom is 0.453 e. The molecule has 1 unspecified atom stereocenters. The van der Waals surface area contributed by atoms with Crippen molar-refractivity contribution < 1.29 is 17.9 Å². The van der Waals surface area contributed by atoms with E-state index in [1.807, 2.05) is 0 Å². The third-order valence-corrected chi connectivity index (χ3v) is 3.24. The second kappa shape index (κ2) is 4.78. The van der Waals surface area contributed by atoms with Gasteiger partial charge in [0.15, 0.2) is 0 Å². The predicted molar refractivity (Wildman–Crippen MR) is 57.1 cm³/mol. The molecule has 0 radical (unpaired) electrons. The molecule has 2 heterocycles. The van der Waals surface area contributed by atoms with E-state index in [2.05, 4.69) is 15.3 Å². The highest BCUT2D eigenvalue weighted by atomic mass is 32.1. The zero-order valence-electron chi connectivity index (χ0n) is 9.31. The topological polar surface area (TPSA) is 78.3 Å². The SMILES string of the molecule is COCCC(N)c1nn2c(C(F)(F)F)nnc2s1. The van der Waals surface area contributed by atoms with Gasteiger partial charge in [-0.15, -0.1) is 10.2 Å². The third-order valence-electron chi connectivity index (χ3n) is 2.21. The largest absolute Gasteiger partial charge is 0.453 e. The van der Waals surface area contributed by atoms with E-state index in [0.29, 0.717) is 22.6 Å². The number of hydrogen-bond donors (Lipinski definition) is 1. The Kier molecular flexibility index (Phi) is 3.50. The van der Waals surface area contributed by atoms with Crippen molar-refractivity contribution in [3.8, 4) is 0 Å². The maximum atomic E-state index is 12.6. The quantitative estimate of drug-likeness (QED) is 0.912. The van der Waals surface area contributed by atoms with E-state index in [0.717, 1.165) is 11.3 Å². The predicted octanol–water partition coefficient (Wildman–Crippen LogP) is 1.24. The summed E-state index contributed by atoms with van der Waals surface area (Å²) >= 11 is 0.990. The lowest BCUT2D eigenvalue weighted by molar-refractivity contribution is -0.146. The van der Waals surface area contributed by atoms with Gasteiger partial charge in [0.1, 0.15) is 5.01 Å². The molecular weight excluding hydrogens is 271 g/mol. The highest BCUT2D eigenvalue weighted by Crippen LogP contribution is 2.30. The molecule has 2 aromatic rings. The first-order valence-electron chi connectivity index (χ1n) is 4.97. The van der Waals surface area contributed by atoms with Gasteiger partial charge >= 0.3 is 6.18 Å². The molecule has 0 aliphatic heterocycles. The summed E-state index contributed by atoms with van der Waals surface area (Å²) in [5, 5.41) is 10.7. The molecule has 0 amide bonds. The molecule has 0 aromatic carbocycles. The van der Waals surface area contributed by atoms with Gasteiger partial charge in [-0.3, -0.25) is 0 Å². The fraction of sp³-hybridized carbons (Fsp3) is 0.625. The summed E-state index contributed by atoms with van der Waals surface area (Å²) in [4.78, 5) is 0.0743. The summed E-state index contributed by atoms with van der Waals surface area (Å²) in [7, 11) is 1.52. The van der Waals surface area contributed by atoms with Crippen molar-refractivity contribution in [3.05, 3.63) is 10.8 Å². The first-order valence-corrected chi connectivity index (χ1v) is 5.79. The maximum absolute atomic E-state index is 12.6. The molecule has 2 N–H and O–H groups in total. The zero-order chi connectivity index (χ0) is 13.3. The van der Waals surface area contributed by atoms with Crippen molar-refractivity contribution in [1.29, 1.82) is 0 Å². The lowest BCUT2D eigenvalue weighted by Gasteiger charge is -2.06. The van der Waals surface area contributed by atoms with Crippen molar-refractivity contribution >= 4 is 16.3 Å². The van der Waals surface area contributed by atoms with Crippen LogP contribution in [0.5, 0.6) is 0 Å². The van der Waals surface area contributed by atoms with E-state index in [1.165, 1.54) is 7.11 Å². The van der Waals surface area contributed by atoms with E-state index in [9.17, 15) is 13.2 Å². The number of hydrogen-bond acceptors (Lipinski definition) is 6. The molecule has 100 valence electrons. The molecule has 1 atom stereocenters. The van der Waals surface area contributed by atoms with Gasteiger partial charge < -0.3 is 10.5 Å². The summed E-state index contributed by atoms with van der Waals surface area (Å²) in [5.74, 6) is -1.14. The number of fused-ring (bicyclic) bond motifs is 1. The van der Waals surface area contributed by atoms with Crippen LogP contribution < -0.4 is 5.73 Å². The van der Waals surface area contributed by atoms with Crippen molar-refractivity contribution in [2.75, 3.05) is 13.7 Å². The Morgan fingerprint density at radius 3 is 2.78 bits per heavy atom. The molecule has 2 rings (SSSR count). The summed E-state index contributed by atoms with van der Waals surface area (Å²) < 4.78 is 43.2. The number of alkyl halides is 3. The second-order valence-corrected chi connectivity index (χ2v) is 4.53. The molecular formula is C8H10F3N5OS. The number of methoxy groups -OCH3 is 1. The van der Waals surface area contributed by atoms with Crippen LogP contribution in [-0.2, 0) is 10.9 Å². The lowest BCUT2D eigenvalue weighted by Crippen LogP contribution is -2.15.